The minimum absolute atomic E-state index is 0.00815. The number of carboxylic acid groups (broad SMARTS) is 1. The van der Waals surface area contributed by atoms with Crippen molar-refractivity contribution in [1.82, 2.24) is 0 Å². The number of carbonyl (C=O) groups is 4. The predicted octanol–water partition coefficient (Wildman–Crippen LogP) is 6.23. The van der Waals surface area contributed by atoms with Gasteiger partial charge in [0.1, 0.15) is 12.1 Å². The number of hydrogen-bond donors (Lipinski definition) is 2. The van der Waals surface area contributed by atoms with Crippen LogP contribution in [0, 0.1) is 17.8 Å². The summed E-state index contributed by atoms with van der Waals surface area (Å²) in [4.78, 5) is 49.8. The third kappa shape index (κ3) is 11.7. The molecular weight excluding hydrogens is 530 g/mol. The predicted molar refractivity (Wildman–Crippen MR) is 155 cm³/mol. The lowest BCUT2D eigenvalue weighted by atomic mass is 9.79. The van der Waals surface area contributed by atoms with Gasteiger partial charge < -0.3 is 29.8 Å². The summed E-state index contributed by atoms with van der Waals surface area (Å²) in [6.07, 6.45) is 3.82. The van der Waals surface area contributed by atoms with Crippen LogP contribution in [0.25, 0.3) is 0 Å². The maximum atomic E-state index is 12.8. The minimum Gasteiger partial charge on any atom is -0.480 e. The van der Waals surface area contributed by atoms with E-state index in [2.05, 4.69) is 0 Å². The summed E-state index contributed by atoms with van der Waals surface area (Å²) >= 11 is 0. The number of hydrogen-bond acceptors (Lipinski definition) is 9. The Balaban J connectivity index is 3.39. The number of rotatable bonds is 18. The van der Waals surface area contributed by atoms with Gasteiger partial charge in [-0.1, -0.05) is 73.3 Å². The van der Waals surface area contributed by atoms with E-state index in [0.717, 1.165) is 25.7 Å². The molecule has 0 spiro atoms. The van der Waals surface area contributed by atoms with E-state index in [1.54, 1.807) is 33.8 Å². The third-order valence-corrected chi connectivity index (χ3v) is 7.25. The largest absolute Gasteiger partial charge is 0.508 e. The van der Waals surface area contributed by atoms with Crippen LogP contribution >= 0.6 is 0 Å². The van der Waals surface area contributed by atoms with Crippen LogP contribution in [0.2, 0.25) is 0 Å². The summed E-state index contributed by atoms with van der Waals surface area (Å²) in [5.74, 6) is -4.39. The second-order valence-electron chi connectivity index (χ2n) is 10.8. The van der Waals surface area contributed by atoms with Gasteiger partial charge in [-0.3, -0.25) is 14.4 Å². The first-order chi connectivity index (χ1) is 19.4. The van der Waals surface area contributed by atoms with E-state index in [0.29, 0.717) is 24.8 Å². The smallest absolute Gasteiger partial charge is 0.480 e. The molecule has 0 radical (unpaired) electrons. The number of unbranched alkanes of at least 4 members (excludes halogenated alkanes) is 2. The van der Waals surface area contributed by atoms with Crippen molar-refractivity contribution in [2.45, 2.75) is 111 Å². The SMILES string of the molecule is CCCCCOC(=O)OC(C)C(C)C(c1ccc(OC(=O)C(C)CCC)c(OC(=O)C(C)CCC)c1)[C@H](N)C(=O)O. The molecule has 3 N–H and O–H groups in total. The van der Waals surface area contributed by atoms with Gasteiger partial charge in [0, 0.05) is 11.8 Å². The molecule has 1 rings (SSSR count). The fourth-order valence-electron chi connectivity index (χ4n) is 4.50. The Morgan fingerprint density at radius 1 is 0.829 bits per heavy atom. The Morgan fingerprint density at radius 2 is 1.39 bits per heavy atom. The van der Waals surface area contributed by atoms with Crippen LogP contribution in [0.4, 0.5) is 4.79 Å². The van der Waals surface area contributed by atoms with Crippen LogP contribution in [-0.4, -0.2) is 47.9 Å². The standard InChI is InChI=1S/C31H49NO9/c1-8-11-12-17-38-31(37)39-22(7)21(6)26(27(32)28(33)34)23-15-16-24(40-29(35)19(4)13-9-2)25(18-23)41-30(36)20(5)14-10-3/h15-16,18-22,26-27H,8-14,17,32H2,1-7H3,(H,33,34)/t19?,20?,21?,22?,26?,27-/m0/s1. The maximum Gasteiger partial charge on any atom is 0.508 e. The fourth-order valence-corrected chi connectivity index (χ4v) is 4.50. The second kappa shape index (κ2) is 18.3. The first-order valence-corrected chi connectivity index (χ1v) is 14.8. The molecule has 1 aromatic rings. The number of nitrogens with two attached hydrogens (primary N) is 1. The molecule has 10 nitrogen and oxygen atoms in total. The normalized spacial score (nSPS) is 15.5. The lowest BCUT2D eigenvalue weighted by molar-refractivity contribution is -0.141. The van der Waals surface area contributed by atoms with E-state index in [9.17, 15) is 24.3 Å². The number of benzene rings is 1. The average Bonchev–Trinajstić information content (AvgIpc) is 2.92. The van der Waals surface area contributed by atoms with Crippen LogP contribution in [0.1, 0.15) is 105 Å². The van der Waals surface area contributed by atoms with Gasteiger partial charge >= 0.3 is 24.1 Å². The van der Waals surface area contributed by atoms with Crippen LogP contribution in [0.5, 0.6) is 11.5 Å². The topological polar surface area (TPSA) is 151 Å². The second-order valence-corrected chi connectivity index (χ2v) is 10.8. The summed E-state index contributed by atoms with van der Waals surface area (Å²) in [5.41, 5.74) is 6.57. The van der Waals surface area contributed by atoms with E-state index in [1.165, 1.54) is 12.1 Å². The van der Waals surface area contributed by atoms with Gasteiger partial charge in [-0.25, -0.2) is 4.79 Å². The molecule has 0 saturated heterocycles. The van der Waals surface area contributed by atoms with E-state index in [-0.39, 0.29) is 24.0 Å². The minimum atomic E-state index is -1.38. The van der Waals surface area contributed by atoms with E-state index >= 15 is 0 Å². The molecular formula is C31H49NO9. The van der Waals surface area contributed by atoms with Crippen molar-refractivity contribution in [3.05, 3.63) is 23.8 Å². The highest BCUT2D eigenvalue weighted by molar-refractivity contribution is 5.79. The van der Waals surface area contributed by atoms with Crippen molar-refractivity contribution in [1.29, 1.82) is 0 Å². The number of carbonyl (C=O) groups excluding carboxylic acids is 3. The van der Waals surface area contributed by atoms with Crippen molar-refractivity contribution >= 4 is 24.1 Å². The number of aliphatic carboxylic acids is 1. The summed E-state index contributed by atoms with van der Waals surface area (Å²) in [5, 5.41) is 9.81. The molecule has 0 heterocycles. The van der Waals surface area contributed by atoms with Crippen LogP contribution in [-0.2, 0) is 23.9 Å². The number of carboxylic acids is 1. The molecule has 41 heavy (non-hydrogen) atoms. The highest BCUT2D eigenvalue weighted by Gasteiger charge is 2.36. The van der Waals surface area contributed by atoms with Crippen molar-refractivity contribution in [2.24, 2.45) is 23.5 Å². The zero-order valence-electron chi connectivity index (χ0n) is 25.6. The first-order valence-electron chi connectivity index (χ1n) is 14.8. The van der Waals surface area contributed by atoms with Crippen LogP contribution in [0.3, 0.4) is 0 Å². The Labute approximate surface area is 244 Å². The molecule has 0 amide bonds. The van der Waals surface area contributed by atoms with E-state index in [1.807, 2.05) is 20.8 Å². The number of ether oxygens (including phenoxy) is 4. The molecule has 1 aromatic carbocycles. The van der Waals surface area contributed by atoms with Crippen molar-refractivity contribution < 1.29 is 43.2 Å². The van der Waals surface area contributed by atoms with E-state index < -0.39 is 54.0 Å². The molecule has 0 saturated carbocycles. The van der Waals surface area contributed by atoms with Gasteiger partial charge in [0.05, 0.1) is 18.4 Å². The maximum absolute atomic E-state index is 12.8. The fraction of sp³-hybridized carbons (Fsp3) is 0.677. The quantitative estimate of drug-likeness (QED) is 0.116. The van der Waals surface area contributed by atoms with Gasteiger partial charge in [-0.2, -0.15) is 0 Å². The van der Waals surface area contributed by atoms with Crippen molar-refractivity contribution in [3.8, 4) is 11.5 Å². The summed E-state index contributed by atoms with van der Waals surface area (Å²) < 4.78 is 21.9. The Hall–Kier alpha value is -3.14. The molecule has 0 aliphatic carbocycles. The number of esters is 2. The Kier molecular flexibility index (Phi) is 16.0. The third-order valence-electron chi connectivity index (χ3n) is 7.25. The van der Waals surface area contributed by atoms with E-state index in [4.69, 9.17) is 24.7 Å². The van der Waals surface area contributed by atoms with Gasteiger partial charge in [0.15, 0.2) is 11.5 Å². The van der Waals surface area contributed by atoms with Crippen molar-refractivity contribution in [3.63, 3.8) is 0 Å². The Morgan fingerprint density at radius 3 is 1.90 bits per heavy atom. The molecule has 0 aromatic heterocycles. The van der Waals surface area contributed by atoms with Gasteiger partial charge in [-0.05, 0) is 43.9 Å². The van der Waals surface area contributed by atoms with Crippen LogP contribution < -0.4 is 15.2 Å². The van der Waals surface area contributed by atoms with Crippen LogP contribution in [0.15, 0.2) is 18.2 Å². The zero-order chi connectivity index (χ0) is 31.1. The monoisotopic (exact) mass is 579 g/mol. The van der Waals surface area contributed by atoms with Gasteiger partial charge in [0.2, 0.25) is 0 Å². The van der Waals surface area contributed by atoms with Crippen molar-refractivity contribution in [2.75, 3.05) is 6.61 Å². The lowest BCUT2D eigenvalue weighted by Crippen LogP contribution is -2.42. The molecule has 0 aliphatic heterocycles. The first kappa shape index (κ1) is 35.9. The summed E-state index contributed by atoms with van der Waals surface area (Å²) in [6.45, 7) is 13.0. The molecule has 10 heteroatoms. The molecule has 5 unspecified atom stereocenters. The van der Waals surface area contributed by atoms with Gasteiger partial charge in [-0.15, -0.1) is 0 Å². The molecule has 232 valence electrons. The molecule has 0 aliphatic rings. The molecule has 0 bridgehead atoms. The zero-order valence-corrected chi connectivity index (χ0v) is 25.6. The summed E-state index contributed by atoms with van der Waals surface area (Å²) in [7, 11) is 0. The Bertz CT molecular complexity index is 996. The molecule has 0 fully saturated rings. The highest BCUT2D eigenvalue weighted by atomic mass is 16.7. The summed E-state index contributed by atoms with van der Waals surface area (Å²) in [6, 6.07) is 3.15. The average molecular weight is 580 g/mol. The highest BCUT2D eigenvalue weighted by Crippen LogP contribution is 2.38. The van der Waals surface area contributed by atoms with Gasteiger partial charge in [0.25, 0.3) is 0 Å². The lowest BCUT2D eigenvalue weighted by Gasteiger charge is -2.31. The molecule has 6 atom stereocenters.